The van der Waals surface area contributed by atoms with Gasteiger partial charge in [-0.2, -0.15) is 8.42 Å². The lowest BCUT2D eigenvalue weighted by molar-refractivity contribution is 0.367. The van der Waals surface area contributed by atoms with Crippen LogP contribution in [-0.4, -0.2) is 22.9 Å². The first-order valence-electron chi connectivity index (χ1n) is 2.90. The van der Waals surface area contributed by atoms with Crippen molar-refractivity contribution < 1.29 is 17.2 Å². The lowest BCUT2D eigenvalue weighted by Crippen LogP contribution is -1.98. The highest BCUT2D eigenvalue weighted by atomic mass is 32.3. The van der Waals surface area contributed by atoms with Crippen LogP contribution in [0.25, 0.3) is 11.4 Å². The SMILES string of the molecule is N#COS(=O)(=O)O.c1nc2ncc1-2. The number of hydrogen-bond donors (Lipinski definition) is 1. The molecule has 0 amide bonds. The van der Waals surface area contributed by atoms with Gasteiger partial charge in [-0.1, -0.05) is 0 Å². The van der Waals surface area contributed by atoms with Crippen LogP contribution < -0.4 is 0 Å². The Labute approximate surface area is 73.6 Å². The maximum absolute atomic E-state index is 9.34. The zero-order valence-electron chi connectivity index (χ0n) is 6.08. The van der Waals surface area contributed by atoms with Crippen molar-refractivity contribution in [2.24, 2.45) is 0 Å². The molecule has 0 aromatic rings. The summed E-state index contributed by atoms with van der Waals surface area (Å²) in [6, 6.07) is 0. The quantitative estimate of drug-likeness (QED) is 0.499. The Balaban J connectivity index is 0.000000130. The third-order valence-corrected chi connectivity index (χ3v) is 1.34. The largest absolute Gasteiger partial charge is 0.456 e. The topological polar surface area (TPSA) is 113 Å². The van der Waals surface area contributed by atoms with E-state index in [1.807, 2.05) is 12.4 Å². The molecule has 68 valence electrons. The molecule has 0 aromatic carbocycles. The van der Waals surface area contributed by atoms with Crippen LogP contribution in [0.5, 0.6) is 0 Å². The Kier molecular flexibility index (Phi) is 2.41. The van der Waals surface area contributed by atoms with Crippen LogP contribution in [0.15, 0.2) is 12.4 Å². The van der Waals surface area contributed by atoms with E-state index in [1.54, 1.807) is 0 Å². The molecule has 0 bridgehead atoms. The summed E-state index contributed by atoms with van der Waals surface area (Å²) in [5.74, 6) is 0.926. The van der Waals surface area contributed by atoms with E-state index in [4.69, 9.17) is 9.81 Å². The first kappa shape index (κ1) is 9.37. The van der Waals surface area contributed by atoms with Crippen molar-refractivity contribution in [3.8, 4) is 17.6 Å². The van der Waals surface area contributed by atoms with Gasteiger partial charge < -0.3 is 0 Å². The maximum Gasteiger partial charge on any atom is 0.456 e. The summed E-state index contributed by atoms with van der Waals surface area (Å²) in [6.07, 6.45) is 4.39. The Morgan fingerprint density at radius 3 is 1.92 bits per heavy atom. The van der Waals surface area contributed by atoms with E-state index in [-0.39, 0.29) is 0 Å². The summed E-state index contributed by atoms with van der Waals surface area (Å²) < 4.78 is 29.3. The fraction of sp³-hybridized carbons (Fsp3) is 0. The molecule has 7 nitrogen and oxygen atoms in total. The molecule has 0 unspecified atom stereocenters. The Morgan fingerprint density at radius 2 is 1.92 bits per heavy atom. The van der Waals surface area contributed by atoms with E-state index in [1.165, 1.54) is 5.56 Å². The van der Waals surface area contributed by atoms with Crippen LogP contribution in [0.3, 0.4) is 0 Å². The van der Waals surface area contributed by atoms with E-state index < -0.39 is 10.4 Å². The van der Waals surface area contributed by atoms with Crippen molar-refractivity contribution in [1.29, 1.82) is 5.26 Å². The Hall–Kier alpha value is -1.72. The van der Waals surface area contributed by atoms with Crippen molar-refractivity contribution in [3.05, 3.63) is 12.4 Å². The van der Waals surface area contributed by atoms with Crippen LogP contribution in [0.4, 0.5) is 0 Å². The molecule has 0 radical (unpaired) electrons. The number of aromatic nitrogens is 2. The van der Waals surface area contributed by atoms with Gasteiger partial charge >= 0.3 is 16.7 Å². The van der Waals surface area contributed by atoms with Gasteiger partial charge in [0.2, 0.25) is 0 Å². The molecule has 0 atom stereocenters. The fourth-order valence-corrected chi connectivity index (χ4v) is 0.602. The third kappa shape index (κ3) is 2.66. The predicted molar refractivity (Wildman–Crippen MR) is 39.3 cm³/mol. The highest BCUT2D eigenvalue weighted by molar-refractivity contribution is 7.81. The van der Waals surface area contributed by atoms with Crippen LogP contribution in [0.2, 0.25) is 0 Å². The Bertz CT molecular complexity index is 411. The van der Waals surface area contributed by atoms with Crippen LogP contribution in [0, 0.1) is 11.5 Å². The number of rotatable bonds is 1. The van der Waals surface area contributed by atoms with Gasteiger partial charge in [0.1, 0.15) is 0 Å². The maximum atomic E-state index is 9.34. The average molecular weight is 201 g/mol. The summed E-state index contributed by atoms with van der Waals surface area (Å²) >= 11 is 0. The normalized spacial score (nSPS) is 10.5. The second-order valence-electron chi connectivity index (χ2n) is 1.90. The fourth-order valence-electron chi connectivity index (χ4n) is 0.507. The lowest BCUT2D eigenvalue weighted by Gasteiger charge is -2.06. The molecule has 0 saturated carbocycles. The molecule has 2 heterocycles. The molecule has 0 fully saturated rings. The van der Waals surface area contributed by atoms with Crippen molar-refractivity contribution in [2.45, 2.75) is 0 Å². The standard InChI is InChI=1S/C4H2N2.CHNO4S/c1-3-2-6-4(3)5-1;2-1-6-7(3,4)5/h1-2H;(H,3,4,5). The summed E-state index contributed by atoms with van der Waals surface area (Å²) in [7, 11) is -4.54. The monoisotopic (exact) mass is 201 g/mol. The second kappa shape index (κ2) is 3.34. The first-order chi connectivity index (χ1) is 6.03. The molecule has 0 saturated heterocycles. The number of nitrogens with zero attached hydrogens (tertiary/aromatic N) is 3. The predicted octanol–water partition coefficient (Wildman–Crippen LogP) is -0.256. The minimum Gasteiger partial charge on any atom is -0.281 e. The summed E-state index contributed by atoms with van der Waals surface area (Å²) in [4.78, 5) is 7.59. The van der Waals surface area contributed by atoms with E-state index in [9.17, 15) is 8.42 Å². The van der Waals surface area contributed by atoms with Crippen molar-refractivity contribution >= 4 is 10.4 Å². The van der Waals surface area contributed by atoms with Crippen molar-refractivity contribution in [1.82, 2.24) is 9.97 Å². The average Bonchev–Trinajstić information content (AvgIpc) is 1.95. The summed E-state index contributed by atoms with van der Waals surface area (Å²) in [5.41, 5.74) is 1.20. The summed E-state index contributed by atoms with van der Waals surface area (Å²) in [5, 5.41) is 7.39. The molecule has 0 spiro atoms. The molecule has 2 aliphatic rings. The van der Waals surface area contributed by atoms with Crippen LogP contribution >= 0.6 is 0 Å². The van der Waals surface area contributed by atoms with Gasteiger partial charge in [-0.25, -0.2) is 9.97 Å². The van der Waals surface area contributed by atoms with E-state index in [0.717, 1.165) is 12.1 Å². The molecule has 2 aliphatic heterocycles. The molecule has 8 heteroatoms. The zero-order valence-corrected chi connectivity index (χ0v) is 6.89. The molecular weight excluding hydrogens is 198 g/mol. The van der Waals surface area contributed by atoms with Crippen molar-refractivity contribution in [3.63, 3.8) is 0 Å². The van der Waals surface area contributed by atoms with Gasteiger partial charge in [0.15, 0.2) is 5.82 Å². The summed E-state index contributed by atoms with van der Waals surface area (Å²) in [6.45, 7) is 0. The Morgan fingerprint density at radius 1 is 1.46 bits per heavy atom. The van der Waals surface area contributed by atoms with E-state index in [2.05, 4.69) is 14.2 Å². The number of nitriles is 1. The molecular formula is C5H3N3O4S. The van der Waals surface area contributed by atoms with Gasteiger partial charge in [0, 0.05) is 12.4 Å². The molecule has 0 aromatic heterocycles. The van der Waals surface area contributed by atoms with Gasteiger partial charge in [0.25, 0.3) is 0 Å². The van der Waals surface area contributed by atoms with Gasteiger partial charge in [-0.05, 0) is 0 Å². The molecule has 2 rings (SSSR count). The second-order valence-corrected chi connectivity index (χ2v) is 2.92. The van der Waals surface area contributed by atoms with Crippen LogP contribution in [0.1, 0.15) is 0 Å². The highest BCUT2D eigenvalue weighted by Gasteiger charge is 2.09. The van der Waals surface area contributed by atoms with Crippen LogP contribution in [-0.2, 0) is 14.6 Å². The van der Waals surface area contributed by atoms with Crippen molar-refractivity contribution in [2.75, 3.05) is 0 Å². The third-order valence-electron chi connectivity index (χ3n) is 1.05. The smallest absolute Gasteiger partial charge is 0.281 e. The lowest BCUT2D eigenvalue weighted by atomic mass is 10.2. The number of fused-ring (bicyclic) bond motifs is 1. The molecule has 0 aliphatic carbocycles. The minimum absolute atomic E-state index is 0.770. The number of hydrogen-bond acceptors (Lipinski definition) is 6. The van der Waals surface area contributed by atoms with E-state index in [0.29, 0.717) is 0 Å². The minimum atomic E-state index is -4.54. The van der Waals surface area contributed by atoms with Gasteiger partial charge in [-0.3, -0.25) is 8.74 Å². The molecule has 13 heavy (non-hydrogen) atoms. The first-order valence-corrected chi connectivity index (χ1v) is 4.27. The highest BCUT2D eigenvalue weighted by Crippen LogP contribution is 2.20. The van der Waals surface area contributed by atoms with Gasteiger partial charge in [-0.15, -0.1) is 5.26 Å². The van der Waals surface area contributed by atoms with Gasteiger partial charge in [0.05, 0.1) is 5.56 Å². The molecule has 1 N–H and O–H groups in total. The van der Waals surface area contributed by atoms with E-state index >= 15 is 0 Å². The zero-order chi connectivity index (χ0) is 9.90.